The highest BCUT2D eigenvalue weighted by Crippen LogP contribution is 2.31. The zero-order valence-electron chi connectivity index (χ0n) is 13.3. The van der Waals surface area contributed by atoms with Crippen LogP contribution in [0.2, 0.25) is 0 Å². The van der Waals surface area contributed by atoms with Gasteiger partial charge in [0.2, 0.25) is 0 Å². The summed E-state index contributed by atoms with van der Waals surface area (Å²) >= 11 is 0. The summed E-state index contributed by atoms with van der Waals surface area (Å²) in [6, 6.07) is 17.8. The summed E-state index contributed by atoms with van der Waals surface area (Å²) in [5.74, 6) is 0. The molecule has 0 bridgehead atoms. The van der Waals surface area contributed by atoms with Crippen molar-refractivity contribution in [1.82, 2.24) is 9.47 Å². The molecule has 0 radical (unpaired) electrons. The monoisotopic (exact) mass is 290 g/mol. The van der Waals surface area contributed by atoms with Gasteiger partial charge in [-0.3, -0.25) is 0 Å². The number of benzene rings is 2. The first-order valence-corrected chi connectivity index (χ1v) is 8.05. The van der Waals surface area contributed by atoms with Crippen molar-refractivity contribution in [3.05, 3.63) is 70.9 Å². The van der Waals surface area contributed by atoms with Crippen LogP contribution in [-0.2, 0) is 19.5 Å². The van der Waals surface area contributed by atoms with Crippen molar-refractivity contribution in [3.63, 3.8) is 0 Å². The Balaban J connectivity index is 1.84. The molecule has 2 heteroatoms. The molecule has 1 aliphatic heterocycles. The molecular formula is C20H22N2. The second kappa shape index (κ2) is 5.29. The van der Waals surface area contributed by atoms with Gasteiger partial charge >= 0.3 is 0 Å². The van der Waals surface area contributed by atoms with Gasteiger partial charge in [0.15, 0.2) is 0 Å². The normalized spacial score (nSPS) is 15.2. The van der Waals surface area contributed by atoms with E-state index in [2.05, 4.69) is 72.0 Å². The molecule has 2 nitrogen and oxygen atoms in total. The largest absolute Gasteiger partial charge is 0.340 e. The predicted molar refractivity (Wildman–Crippen MR) is 92.3 cm³/mol. The summed E-state index contributed by atoms with van der Waals surface area (Å²) in [6.45, 7) is 5.33. The number of fused-ring (bicyclic) bond motifs is 3. The van der Waals surface area contributed by atoms with Gasteiger partial charge in [-0.05, 0) is 31.2 Å². The topological polar surface area (TPSA) is 8.17 Å². The lowest BCUT2D eigenvalue weighted by Crippen LogP contribution is -2.27. The molecule has 0 spiro atoms. The Morgan fingerprint density at radius 2 is 1.77 bits per heavy atom. The number of aromatic nitrogens is 1. The van der Waals surface area contributed by atoms with E-state index in [0.717, 1.165) is 26.1 Å². The molecule has 22 heavy (non-hydrogen) atoms. The maximum atomic E-state index is 2.53. The van der Waals surface area contributed by atoms with Gasteiger partial charge in [0, 0.05) is 42.7 Å². The van der Waals surface area contributed by atoms with Crippen molar-refractivity contribution in [1.29, 1.82) is 0 Å². The lowest BCUT2D eigenvalue weighted by Gasteiger charge is -2.24. The molecule has 0 aliphatic carbocycles. The summed E-state index contributed by atoms with van der Waals surface area (Å²) in [5, 5.41) is 1.43. The smallest absolute Gasteiger partial charge is 0.0489 e. The first kappa shape index (κ1) is 13.6. The van der Waals surface area contributed by atoms with Crippen LogP contribution in [0, 0.1) is 6.92 Å². The molecule has 2 aromatic carbocycles. The number of aryl methyl sites for hydroxylation is 1. The first-order chi connectivity index (χ1) is 10.7. The maximum absolute atomic E-state index is 2.53. The van der Waals surface area contributed by atoms with E-state index in [4.69, 9.17) is 0 Å². The Morgan fingerprint density at radius 1 is 1.00 bits per heavy atom. The molecule has 0 amide bonds. The van der Waals surface area contributed by atoms with Crippen LogP contribution >= 0.6 is 0 Å². The molecular weight excluding hydrogens is 268 g/mol. The second-order valence-electron chi connectivity index (χ2n) is 6.50. The maximum Gasteiger partial charge on any atom is 0.0489 e. The second-order valence-corrected chi connectivity index (χ2v) is 6.50. The number of likely N-dealkylation sites (N-methyl/N-ethyl adjacent to an activating group) is 1. The van der Waals surface area contributed by atoms with E-state index in [1.165, 1.54) is 33.3 Å². The van der Waals surface area contributed by atoms with E-state index in [9.17, 15) is 0 Å². The molecule has 1 aliphatic rings. The minimum Gasteiger partial charge on any atom is -0.340 e. The molecule has 0 saturated carbocycles. The molecule has 0 unspecified atom stereocenters. The van der Waals surface area contributed by atoms with E-state index in [0.29, 0.717) is 0 Å². The van der Waals surface area contributed by atoms with Gasteiger partial charge in [0.1, 0.15) is 0 Å². The number of hydrogen-bond donors (Lipinski definition) is 0. The van der Waals surface area contributed by atoms with E-state index in [1.54, 1.807) is 0 Å². The summed E-state index contributed by atoms with van der Waals surface area (Å²) in [7, 11) is 2.22. The number of rotatable bonds is 2. The van der Waals surface area contributed by atoms with E-state index in [1.807, 2.05) is 0 Å². The SMILES string of the molecule is Cc1ccc(Cn2c3c(c4ccccc42)CN(C)CC3)cc1. The quantitative estimate of drug-likeness (QED) is 0.693. The third-order valence-electron chi connectivity index (χ3n) is 4.81. The van der Waals surface area contributed by atoms with Gasteiger partial charge in [0.25, 0.3) is 0 Å². The van der Waals surface area contributed by atoms with E-state index >= 15 is 0 Å². The molecule has 2 heterocycles. The van der Waals surface area contributed by atoms with Gasteiger partial charge in [-0.25, -0.2) is 0 Å². The van der Waals surface area contributed by atoms with Crippen LogP contribution < -0.4 is 0 Å². The minimum absolute atomic E-state index is 0.972. The summed E-state index contributed by atoms with van der Waals surface area (Å²) in [6.07, 6.45) is 1.15. The van der Waals surface area contributed by atoms with Crippen molar-refractivity contribution < 1.29 is 0 Å². The van der Waals surface area contributed by atoms with Crippen LogP contribution in [0.4, 0.5) is 0 Å². The lowest BCUT2D eigenvalue weighted by atomic mass is 10.1. The van der Waals surface area contributed by atoms with Crippen molar-refractivity contribution in [2.24, 2.45) is 0 Å². The van der Waals surface area contributed by atoms with Crippen molar-refractivity contribution in [3.8, 4) is 0 Å². The molecule has 0 atom stereocenters. The third kappa shape index (κ3) is 2.24. The van der Waals surface area contributed by atoms with E-state index < -0.39 is 0 Å². The molecule has 4 rings (SSSR count). The van der Waals surface area contributed by atoms with Crippen LogP contribution in [0.25, 0.3) is 10.9 Å². The highest BCUT2D eigenvalue weighted by atomic mass is 15.1. The standard InChI is InChI=1S/C20H22N2/c1-15-7-9-16(10-8-15)13-22-19-6-4-3-5-17(19)18-14-21(2)12-11-20(18)22/h3-10H,11-14H2,1-2H3. The van der Waals surface area contributed by atoms with Gasteiger partial charge in [-0.15, -0.1) is 0 Å². The molecule has 112 valence electrons. The van der Waals surface area contributed by atoms with Crippen molar-refractivity contribution in [2.45, 2.75) is 26.4 Å². The lowest BCUT2D eigenvalue weighted by molar-refractivity contribution is 0.310. The highest BCUT2D eigenvalue weighted by molar-refractivity contribution is 5.86. The summed E-state index contributed by atoms with van der Waals surface area (Å²) in [5.41, 5.74) is 7.14. The van der Waals surface area contributed by atoms with Crippen LogP contribution in [0.15, 0.2) is 48.5 Å². The Morgan fingerprint density at radius 3 is 2.59 bits per heavy atom. The zero-order valence-corrected chi connectivity index (χ0v) is 13.3. The van der Waals surface area contributed by atoms with Crippen molar-refractivity contribution in [2.75, 3.05) is 13.6 Å². The van der Waals surface area contributed by atoms with E-state index in [-0.39, 0.29) is 0 Å². The molecule has 1 aromatic heterocycles. The Kier molecular flexibility index (Phi) is 3.27. The fourth-order valence-corrected chi connectivity index (χ4v) is 3.59. The van der Waals surface area contributed by atoms with Crippen LogP contribution in [-0.4, -0.2) is 23.1 Å². The van der Waals surface area contributed by atoms with Crippen LogP contribution in [0.5, 0.6) is 0 Å². The zero-order chi connectivity index (χ0) is 15.1. The predicted octanol–water partition coefficient (Wildman–Crippen LogP) is 3.99. The Hall–Kier alpha value is -2.06. The summed E-state index contributed by atoms with van der Waals surface area (Å²) < 4.78 is 2.53. The molecule has 0 fully saturated rings. The number of para-hydroxylation sites is 1. The molecule has 0 saturated heterocycles. The fraction of sp³-hybridized carbons (Fsp3) is 0.300. The van der Waals surface area contributed by atoms with Gasteiger partial charge in [-0.1, -0.05) is 48.0 Å². The minimum atomic E-state index is 0.972. The van der Waals surface area contributed by atoms with Gasteiger partial charge in [-0.2, -0.15) is 0 Å². The average Bonchev–Trinajstić information content (AvgIpc) is 2.83. The Bertz CT molecular complexity index is 812. The van der Waals surface area contributed by atoms with Gasteiger partial charge in [0.05, 0.1) is 0 Å². The van der Waals surface area contributed by atoms with Crippen LogP contribution in [0.3, 0.4) is 0 Å². The number of nitrogens with zero attached hydrogens (tertiary/aromatic N) is 2. The fourth-order valence-electron chi connectivity index (χ4n) is 3.59. The van der Waals surface area contributed by atoms with Crippen LogP contribution in [0.1, 0.15) is 22.4 Å². The molecule has 3 aromatic rings. The van der Waals surface area contributed by atoms with Crippen molar-refractivity contribution >= 4 is 10.9 Å². The first-order valence-electron chi connectivity index (χ1n) is 8.05. The number of hydrogen-bond acceptors (Lipinski definition) is 1. The summed E-state index contributed by atoms with van der Waals surface area (Å²) in [4.78, 5) is 2.42. The third-order valence-corrected chi connectivity index (χ3v) is 4.81. The average molecular weight is 290 g/mol. The Labute approximate surface area is 132 Å². The highest BCUT2D eigenvalue weighted by Gasteiger charge is 2.21. The molecule has 0 N–H and O–H groups in total. The van der Waals surface area contributed by atoms with Gasteiger partial charge < -0.3 is 9.47 Å².